The molecule has 0 unspecified atom stereocenters. The molecule has 0 N–H and O–H groups in total. The Morgan fingerprint density at radius 1 is 1.20 bits per heavy atom. The summed E-state index contributed by atoms with van der Waals surface area (Å²) in [6.07, 6.45) is 6.21. The van der Waals surface area contributed by atoms with Crippen molar-refractivity contribution in [1.82, 2.24) is 15.0 Å². The summed E-state index contributed by atoms with van der Waals surface area (Å²) in [6, 6.07) is 10.5. The first-order chi connectivity index (χ1) is 12.2. The van der Waals surface area contributed by atoms with Crippen LogP contribution in [0, 0.1) is 5.92 Å². The van der Waals surface area contributed by atoms with Crippen molar-refractivity contribution < 1.29 is 9.32 Å². The molecule has 5 rings (SSSR count). The van der Waals surface area contributed by atoms with Crippen molar-refractivity contribution in [2.75, 3.05) is 13.1 Å². The van der Waals surface area contributed by atoms with Gasteiger partial charge in [0.2, 0.25) is 11.8 Å². The molecule has 1 aromatic heterocycles. The fourth-order valence-electron chi connectivity index (χ4n) is 3.95. The van der Waals surface area contributed by atoms with Gasteiger partial charge in [0.25, 0.3) is 0 Å². The molecule has 1 amide bonds. The SMILES string of the molecule is O=C1C[C@@H](c2noc(C3(Cc4ccccc4)CC3)n2)CN1CC1CC1. The molecule has 25 heavy (non-hydrogen) atoms. The third-order valence-corrected chi connectivity index (χ3v) is 5.89. The Balaban J connectivity index is 1.30. The highest BCUT2D eigenvalue weighted by Gasteiger charge is 2.49. The minimum Gasteiger partial charge on any atom is -0.342 e. The lowest BCUT2D eigenvalue weighted by Gasteiger charge is -2.14. The largest absolute Gasteiger partial charge is 0.342 e. The van der Waals surface area contributed by atoms with E-state index in [0.29, 0.717) is 6.42 Å². The van der Waals surface area contributed by atoms with Gasteiger partial charge in [0.15, 0.2) is 5.82 Å². The zero-order valence-corrected chi connectivity index (χ0v) is 14.4. The Morgan fingerprint density at radius 2 is 2.00 bits per heavy atom. The Hall–Kier alpha value is -2.17. The Morgan fingerprint density at radius 3 is 2.72 bits per heavy atom. The maximum Gasteiger partial charge on any atom is 0.233 e. The number of rotatable bonds is 6. The summed E-state index contributed by atoms with van der Waals surface area (Å²) in [5.74, 6) is 2.55. The number of aromatic nitrogens is 2. The molecule has 0 radical (unpaired) electrons. The maximum absolute atomic E-state index is 12.2. The number of benzene rings is 1. The van der Waals surface area contributed by atoms with E-state index in [2.05, 4.69) is 29.4 Å². The quantitative estimate of drug-likeness (QED) is 0.813. The number of likely N-dealkylation sites (tertiary alicyclic amines) is 1. The first-order valence-corrected chi connectivity index (χ1v) is 9.38. The second-order valence-electron chi connectivity index (χ2n) is 8.04. The number of carbonyl (C=O) groups is 1. The third kappa shape index (κ3) is 2.96. The molecule has 2 saturated carbocycles. The molecule has 130 valence electrons. The first kappa shape index (κ1) is 15.1. The van der Waals surface area contributed by atoms with Crippen LogP contribution in [-0.4, -0.2) is 34.0 Å². The van der Waals surface area contributed by atoms with E-state index in [9.17, 15) is 4.79 Å². The highest BCUT2D eigenvalue weighted by Crippen LogP contribution is 2.50. The minimum atomic E-state index is 0.0168. The summed E-state index contributed by atoms with van der Waals surface area (Å²) >= 11 is 0. The zero-order chi connectivity index (χ0) is 16.9. The van der Waals surface area contributed by atoms with Gasteiger partial charge in [-0.05, 0) is 43.6 Å². The van der Waals surface area contributed by atoms with Crippen molar-refractivity contribution in [3.05, 3.63) is 47.6 Å². The van der Waals surface area contributed by atoms with Crippen molar-refractivity contribution in [1.29, 1.82) is 0 Å². The maximum atomic E-state index is 12.2. The molecule has 0 spiro atoms. The monoisotopic (exact) mass is 337 g/mol. The van der Waals surface area contributed by atoms with Crippen LogP contribution in [0.15, 0.2) is 34.9 Å². The summed E-state index contributed by atoms with van der Waals surface area (Å²) in [5.41, 5.74) is 1.33. The number of hydrogen-bond acceptors (Lipinski definition) is 4. The normalized spacial score (nSPS) is 24.7. The standard InChI is InChI=1S/C20H23N3O2/c24-17-10-16(13-23(17)12-15-6-7-15)18-21-19(25-22-18)20(8-9-20)11-14-4-2-1-3-5-14/h1-5,15-16H,6-13H2/t16-/m1/s1. The molecule has 3 fully saturated rings. The van der Waals surface area contributed by atoms with Gasteiger partial charge in [-0.15, -0.1) is 0 Å². The van der Waals surface area contributed by atoms with Crippen molar-refractivity contribution in [3.63, 3.8) is 0 Å². The number of nitrogens with zero attached hydrogens (tertiary/aromatic N) is 3. The van der Waals surface area contributed by atoms with Crippen LogP contribution >= 0.6 is 0 Å². The Bertz CT molecular complexity index is 777. The van der Waals surface area contributed by atoms with Gasteiger partial charge in [-0.3, -0.25) is 4.79 Å². The summed E-state index contributed by atoms with van der Waals surface area (Å²) in [6.45, 7) is 1.66. The van der Waals surface area contributed by atoms with E-state index in [1.165, 1.54) is 18.4 Å². The summed E-state index contributed by atoms with van der Waals surface area (Å²) in [4.78, 5) is 18.9. The van der Waals surface area contributed by atoms with Gasteiger partial charge in [-0.2, -0.15) is 4.98 Å². The molecule has 5 heteroatoms. The van der Waals surface area contributed by atoms with E-state index in [1.807, 2.05) is 11.0 Å². The van der Waals surface area contributed by atoms with Crippen LogP contribution in [0.1, 0.15) is 55.3 Å². The van der Waals surface area contributed by atoms with Gasteiger partial charge in [0.05, 0.1) is 5.41 Å². The third-order valence-electron chi connectivity index (χ3n) is 5.89. The van der Waals surface area contributed by atoms with E-state index in [1.54, 1.807) is 0 Å². The lowest BCUT2D eigenvalue weighted by molar-refractivity contribution is -0.127. The molecule has 1 aliphatic heterocycles. The fourth-order valence-corrected chi connectivity index (χ4v) is 3.95. The summed E-state index contributed by atoms with van der Waals surface area (Å²) in [5, 5.41) is 4.24. The van der Waals surface area contributed by atoms with Gasteiger partial charge in [0, 0.05) is 25.4 Å². The molecule has 2 heterocycles. The van der Waals surface area contributed by atoms with Crippen molar-refractivity contribution >= 4 is 5.91 Å². The van der Waals surface area contributed by atoms with Crippen LogP contribution in [-0.2, 0) is 16.6 Å². The summed E-state index contributed by atoms with van der Waals surface area (Å²) in [7, 11) is 0. The van der Waals surface area contributed by atoms with E-state index < -0.39 is 0 Å². The molecule has 2 aliphatic carbocycles. The smallest absolute Gasteiger partial charge is 0.233 e. The van der Waals surface area contributed by atoms with E-state index in [-0.39, 0.29) is 17.2 Å². The molecule has 1 saturated heterocycles. The highest BCUT2D eigenvalue weighted by molar-refractivity contribution is 5.79. The Kier molecular flexibility index (Phi) is 3.43. The number of carbonyl (C=O) groups excluding carboxylic acids is 1. The predicted octanol–water partition coefficient (Wildman–Crippen LogP) is 3.07. The van der Waals surface area contributed by atoms with Gasteiger partial charge >= 0.3 is 0 Å². The van der Waals surface area contributed by atoms with Crippen LogP contribution in [0.25, 0.3) is 0 Å². The van der Waals surface area contributed by atoms with Gasteiger partial charge in [-0.1, -0.05) is 35.5 Å². The van der Waals surface area contributed by atoms with Crippen molar-refractivity contribution in [2.45, 2.75) is 49.9 Å². The molecule has 1 atom stereocenters. The molecule has 3 aliphatic rings. The second-order valence-corrected chi connectivity index (χ2v) is 8.04. The van der Waals surface area contributed by atoms with Crippen LogP contribution < -0.4 is 0 Å². The number of hydrogen-bond donors (Lipinski definition) is 0. The highest BCUT2D eigenvalue weighted by atomic mass is 16.5. The average molecular weight is 337 g/mol. The van der Waals surface area contributed by atoms with E-state index >= 15 is 0 Å². The topological polar surface area (TPSA) is 59.2 Å². The van der Waals surface area contributed by atoms with Gasteiger partial charge < -0.3 is 9.42 Å². The van der Waals surface area contributed by atoms with Gasteiger partial charge in [0.1, 0.15) is 0 Å². The van der Waals surface area contributed by atoms with Crippen LogP contribution in [0.4, 0.5) is 0 Å². The molecular formula is C20H23N3O2. The molecule has 2 aromatic rings. The second kappa shape index (κ2) is 5.68. The van der Waals surface area contributed by atoms with Crippen LogP contribution in [0.2, 0.25) is 0 Å². The lowest BCUT2D eigenvalue weighted by Crippen LogP contribution is -2.27. The lowest BCUT2D eigenvalue weighted by atomic mass is 9.96. The minimum absolute atomic E-state index is 0.0168. The van der Waals surface area contributed by atoms with Crippen molar-refractivity contribution in [2.24, 2.45) is 5.92 Å². The zero-order valence-electron chi connectivity index (χ0n) is 14.4. The molecule has 1 aromatic carbocycles. The van der Waals surface area contributed by atoms with Crippen LogP contribution in [0.5, 0.6) is 0 Å². The van der Waals surface area contributed by atoms with Crippen LogP contribution in [0.3, 0.4) is 0 Å². The molecule has 0 bridgehead atoms. The number of amides is 1. The van der Waals surface area contributed by atoms with E-state index in [0.717, 1.165) is 50.0 Å². The Labute approximate surface area is 147 Å². The fraction of sp³-hybridized carbons (Fsp3) is 0.550. The first-order valence-electron chi connectivity index (χ1n) is 9.38. The van der Waals surface area contributed by atoms with Gasteiger partial charge in [-0.25, -0.2) is 0 Å². The van der Waals surface area contributed by atoms with Crippen molar-refractivity contribution in [3.8, 4) is 0 Å². The summed E-state index contributed by atoms with van der Waals surface area (Å²) < 4.78 is 5.65. The predicted molar refractivity (Wildman–Crippen MR) is 92.0 cm³/mol. The molecular weight excluding hydrogens is 314 g/mol. The average Bonchev–Trinajstić information content (AvgIpc) is 3.51. The van der Waals surface area contributed by atoms with E-state index in [4.69, 9.17) is 9.51 Å². The molecule has 5 nitrogen and oxygen atoms in total.